The zero-order valence-corrected chi connectivity index (χ0v) is 15.3. The summed E-state index contributed by atoms with van der Waals surface area (Å²) in [4.78, 5) is 20.8. The molecule has 3 aromatic rings. The molecule has 0 fully saturated rings. The summed E-state index contributed by atoms with van der Waals surface area (Å²) in [7, 11) is 0. The zero-order valence-electron chi connectivity index (χ0n) is 14.6. The van der Waals surface area contributed by atoms with E-state index in [0.29, 0.717) is 28.8 Å². The molecule has 2 N–H and O–H groups in total. The van der Waals surface area contributed by atoms with Gasteiger partial charge in [-0.3, -0.25) is 4.79 Å². The Kier molecular flexibility index (Phi) is 5.49. The molecule has 0 saturated carbocycles. The van der Waals surface area contributed by atoms with Crippen molar-refractivity contribution in [3.8, 4) is 0 Å². The first-order chi connectivity index (χ1) is 12.5. The molecule has 0 aliphatic carbocycles. The number of carbonyl (C=O) groups is 1. The highest BCUT2D eigenvalue weighted by molar-refractivity contribution is 6.30. The Morgan fingerprint density at radius 2 is 1.85 bits per heavy atom. The summed E-state index contributed by atoms with van der Waals surface area (Å²) in [6.07, 6.45) is 3.01. The van der Waals surface area contributed by atoms with Gasteiger partial charge in [0.1, 0.15) is 0 Å². The van der Waals surface area contributed by atoms with Crippen LogP contribution in [-0.2, 0) is 6.54 Å². The lowest BCUT2D eigenvalue weighted by Gasteiger charge is -2.09. The third-order valence-corrected chi connectivity index (χ3v) is 4.12. The third-order valence-electron chi connectivity index (χ3n) is 3.88. The maximum Gasteiger partial charge on any atom is 0.258 e. The van der Waals surface area contributed by atoms with Crippen LogP contribution < -0.4 is 10.6 Å². The lowest BCUT2D eigenvalue weighted by molar-refractivity contribution is 0.102. The number of aromatic nitrogens is 2. The van der Waals surface area contributed by atoms with Crippen molar-refractivity contribution in [2.45, 2.75) is 20.4 Å². The van der Waals surface area contributed by atoms with E-state index < -0.39 is 0 Å². The molecule has 0 radical (unpaired) electrons. The van der Waals surface area contributed by atoms with E-state index in [1.54, 1.807) is 18.2 Å². The SMILES string of the molecule is Cc1cccc(CNc2ncc(C(=O)Nc3ccc(Cl)cc3C)cn2)c1. The number of anilines is 2. The molecule has 3 rings (SSSR count). The van der Waals surface area contributed by atoms with Crippen LogP contribution in [0.15, 0.2) is 54.9 Å². The number of nitrogens with zero attached hydrogens (tertiary/aromatic N) is 2. The second-order valence-electron chi connectivity index (χ2n) is 6.05. The fraction of sp³-hybridized carbons (Fsp3) is 0.150. The van der Waals surface area contributed by atoms with E-state index in [1.165, 1.54) is 18.0 Å². The molecule has 0 saturated heterocycles. The van der Waals surface area contributed by atoms with Gasteiger partial charge in [0.15, 0.2) is 0 Å². The van der Waals surface area contributed by atoms with Gasteiger partial charge in [-0.05, 0) is 43.2 Å². The second-order valence-corrected chi connectivity index (χ2v) is 6.49. The van der Waals surface area contributed by atoms with Crippen LogP contribution >= 0.6 is 11.6 Å². The minimum atomic E-state index is -0.263. The largest absolute Gasteiger partial charge is 0.350 e. The van der Waals surface area contributed by atoms with Crippen LogP contribution in [0.25, 0.3) is 0 Å². The van der Waals surface area contributed by atoms with Crippen LogP contribution in [-0.4, -0.2) is 15.9 Å². The van der Waals surface area contributed by atoms with Gasteiger partial charge in [-0.15, -0.1) is 0 Å². The molecule has 0 bridgehead atoms. The highest BCUT2D eigenvalue weighted by Crippen LogP contribution is 2.20. The average molecular weight is 367 g/mol. The molecule has 26 heavy (non-hydrogen) atoms. The van der Waals surface area contributed by atoms with E-state index in [2.05, 4.69) is 39.7 Å². The summed E-state index contributed by atoms with van der Waals surface area (Å²) in [5, 5.41) is 6.62. The Balaban J connectivity index is 1.62. The molecule has 1 heterocycles. The van der Waals surface area contributed by atoms with Crippen LogP contribution in [0.3, 0.4) is 0 Å². The quantitative estimate of drug-likeness (QED) is 0.691. The van der Waals surface area contributed by atoms with Gasteiger partial charge in [-0.25, -0.2) is 9.97 Å². The minimum absolute atomic E-state index is 0.263. The molecule has 0 aliphatic heterocycles. The Morgan fingerprint density at radius 3 is 2.54 bits per heavy atom. The van der Waals surface area contributed by atoms with Gasteiger partial charge in [0.05, 0.1) is 5.56 Å². The standard InChI is InChI=1S/C20H19ClN4O/c1-13-4-3-5-15(8-13)10-22-20-23-11-16(12-24-20)19(26)25-18-7-6-17(21)9-14(18)2/h3-9,11-12H,10H2,1-2H3,(H,25,26)(H,22,23,24). The summed E-state index contributed by atoms with van der Waals surface area (Å²) >= 11 is 5.93. The van der Waals surface area contributed by atoms with E-state index in [0.717, 1.165) is 11.1 Å². The van der Waals surface area contributed by atoms with E-state index >= 15 is 0 Å². The van der Waals surface area contributed by atoms with Gasteiger partial charge >= 0.3 is 0 Å². The van der Waals surface area contributed by atoms with E-state index in [4.69, 9.17) is 11.6 Å². The number of aryl methyl sites for hydroxylation is 2. The molecule has 0 spiro atoms. The van der Waals surface area contributed by atoms with Crippen molar-refractivity contribution >= 4 is 29.1 Å². The molecule has 6 heteroatoms. The summed E-state index contributed by atoms with van der Waals surface area (Å²) in [6, 6.07) is 13.5. The predicted octanol–water partition coefficient (Wildman–Crippen LogP) is 4.61. The number of amides is 1. The van der Waals surface area contributed by atoms with E-state index in [9.17, 15) is 4.79 Å². The van der Waals surface area contributed by atoms with Gasteiger partial charge in [0, 0.05) is 29.6 Å². The first-order valence-corrected chi connectivity index (χ1v) is 8.58. The summed E-state index contributed by atoms with van der Waals surface area (Å²) in [5.74, 6) is 0.214. The van der Waals surface area contributed by atoms with Crippen molar-refractivity contribution in [1.29, 1.82) is 0 Å². The Hall–Kier alpha value is -2.92. The van der Waals surface area contributed by atoms with Crippen LogP contribution in [0.5, 0.6) is 0 Å². The highest BCUT2D eigenvalue weighted by Gasteiger charge is 2.09. The number of rotatable bonds is 5. The molecule has 5 nitrogen and oxygen atoms in total. The molecule has 0 aliphatic rings. The molecule has 0 atom stereocenters. The maximum absolute atomic E-state index is 12.3. The number of benzene rings is 2. The van der Waals surface area contributed by atoms with E-state index in [1.807, 2.05) is 19.1 Å². The Labute approximate surface area is 157 Å². The molecule has 0 unspecified atom stereocenters. The molecular weight excluding hydrogens is 348 g/mol. The number of halogens is 1. The first-order valence-electron chi connectivity index (χ1n) is 8.20. The Morgan fingerprint density at radius 1 is 1.08 bits per heavy atom. The highest BCUT2D eigenvalue weighted by atomic mass is 35.5. The van der Waals surface area contributed by atoms with Gasteiger partial charge in [0.25, 0.3) is 5.91 Å². The fourth-order valence-corrected chi connectivity index (χ4v) is 2.73. The van der Waals surface area contributed by atoms with Crippen LogP contribution in [0.1, 0.15) is 27.0 Å². The monoisotopic (exact) mass is 366 g/mol. The molecule has 132 valence electrons. The zero-order chi connectivity index (χ0) is 18.5. The summed E-state index contributed by atoms with van der Waals surface area (Å²) in [5.41, 5.74) is 4.34. The van der Waals surface area contributed by atoms with Crippen molar-refractivity contribution in [1.82, 2.24) is 9.97 Å². The van der Waals surface area contributed by atoms with Crippen molar-refractivity contribution in [2.75, 3.05) is 10.6 Å². The number of carbonyl (C=O) groups excluding carboxylic acids is 1. The van der Waals surface area contributed by atoms with Crippen molar-refractivity contribution < 1.29 is 4.79 Å². The smallest absolute Gasteiger partial charge is 0.258 e. The lowest BCUT2D eigenvalue weighted by Crippen LogP contribution is -2.14. The number of hydrogen-bond donors (Lipinski definition) is 2. The van der Waals surface area contributed by atoms with Gasteiger partial charge in [-0.2, -0.15) is 0 Å². The first kappa shape index (κ1) is 17.9. The predicted molar refractivity (Wildman–Crippen MR) is 105 cm³/mol. The summed E-state index contributed by atoms with van der Waals surface area (Å²) in [6.45, 7) is 4.56. The molecule has 1 aromatic heterocycles. The normalized spacial score (nSPS) is 10.4. The second kappa shape index (κ2) is 7.97. The van der Waals surface area contributed by atoms with Gasteiger partial charge in [-0.1, -0.05) is 41.4 Å². The molecular formula is C20H19ClN4O. The fourth-order valence-electron chi connectivity index (χ4n) is 2.50. The average Bonchev–Trinajstić information content (AvgIpc) is 2.63. The van der Waals surface area contributed by atoms with Gasteiger partial charge < -0.3 is 10.6 Å². The van der Waals surface area contributed by atoms with Crippen molar-refractivity contribution in [3.05, 3.63) is 82.1 Å². The van der Waals surface area contributed by atoms with Gasteiger partial charge in [0.2, 0.25) is 5.95 Å². The minimum Gasteiger partial charge on any atom is -0.350 e. The van der Waals surface area contributed by atoms with E-state index in [-0.39, 0.29) is 5.91 Å². The molecule has 2 aromatic carbocycles. The maximum atomic E-state index is 12.3. The lowest BCUT2D eigenvalue weighted by atomic mass is 10.1. The summed E-state index contributed by atoms with van der Waals surface area (Å²) < 4.78 is 0. The topological polar surface area (TPSA) is 66.9 Å². The van der Waals surface area contributed by atoms with Crippen LogP contribution in [0.4, 0.5) is 11.6 Å². The molecule has 1 amide bonds. The number of nitrogens with one attached hydrogen (secondary N) is 2. The van der Waals surface area contributed by atoms with Crippen molar-refractivity contribution in [3.63, 3.8) is 0 Å². The Bertz CT molecular complexity index is 925. The van der Waals surface area contributed by atoms with Crippen molar-refractivity contribution in [2.24, 2.45) is 0 Å². The van der Waals surface area contributed by atoms with Crippen LogP contribution in [0, 0.1) is 13.8 Å². The van der Waals surface area contributed by atoms with Crippen LogP contribution in [0.2, 0.25) is 5.02 Å². The third kappa shape index (κ3) is 4.58. The number of hydrogen-bond acceptors (Lipinski definition) is 4.